The molecule has 0 saturated carbocycles. The number of rotatable bonds is 4. The zero-order valence-electron chi connectivity index (χ0n) is 15.9. The lowest BCUT2D eigenvalue weighted by Gasteiger charge is -2.39. The summed E-state index contributed by atoms with van der Waals surface area (Å²) in [7, 11) is -1.51. The van der Waals surface area contributed by atoms with Crippen LogP contribution in [0.2, 0.25) is 0 Å². The Kier molecular flexibility index (Phi) is 4.96. The molecule has 0 radical (unpaired) electrons. The summed E-state index contributed by atoms with van der Waals surface area (Å²) in [5, 5.41) is 0. The van der Waals surface area contributed by atoms with E-state index in [1.165, 1.54) is 5.56 Å². The maximum Gasteiger partial charge on any atom is 0.243 e. The third kappa shape index (κ3) is 3.37. The molecule has 0 aliphatic carbocycles. The predicted molar refractivity (Wildman–Crippen MR) is 105 cm³/mol. The second-order valence-corrected chi connectivity index (χ2v) is 9.24. The van der Waals surface area contributed by atoms with Gasteiger partial charge in [0.25, 0.3) is 0 Å². The van der Waals surface area contributed by atoms with Crippen molar-refractivity contribution < 1.29 is 8.42 Å². The van der Waals surface area contributed by atoms with Gasteiger partial charge in [-0.2, -0.15) is 4.31 Å². The number of anilines is 1. The number of hydrogen-bond acceptors (Lipinski definition) is 5. The molecule has 7 nitrogen and oxygen atoms in total. The van der Waals surface area contributed by atoms with Crippen LogP contribution in [0, 0.1) is 0 Å². The van der Waals surface area contributed by atoms with Gasteiger partial charge < -0.3 is 9.88 Å². The minimum absolute atomic E-state index is 0.0474. The third-order valence-corrected chi connectivity index (χ3v) is 7.60. The van der Waals surface area contributed by atoms with Gasteiger partial charge in [-0.1, -0.05) is 13.0 Å². The normalized spacial score (nSPS) is 22.0. The molecule has 1 saturated heterocycles. The topological polar surface area (TPSA) is 72.5 Å². The molecule has 1 atom stereocenters. The fourth-order valence-corrected chi connectivity index (χ4v) is 5.62. The SMILES string of the molecule is CCN1CCN(S(=O)(=O)c2ccc3c(c2)N(C)CCC3)C[C@H]1c1ncc[nH]1. The van der Waals surface area contributed by atoms with Gasteiger partial charge in [-0.05, 0) is 37.1 Å². The fraction of sp³-hybridized carbons (Fsp3) is 0.526. The van der Waals surface area contributed by atoms with E-state index < -0.39 is 10.0 Å². The second kappa shape index (κ2) is 7.26. The summed E-state index contributed by atoms with van der Waals surface area (Å²) in [5.41, 5.74) is 2.27. The van der Waals surface area contributed by atoms with Crippen molar-refractivity contribution in [2.24, 2.45) is 0 Å². The van der Waals surface area contributed by atoms with Crippen LogP contribution in [0.15, 0.2) is 35.5 Å². The van der Waals surface area contributed by atoms with Crippen molar-refractivity contribution >= 4 is 15.7 Å². The van der Waals surface area contributed by atoms with Gasteiger partial charge in [-0.25, -0.2) is 13.4 Å². The molecular weight excluding hydrogens is 362 g/mol. The first-order chi connectivity index (χ1) is 13.0. The molecule has 0 spiro atoms. The van der Waals surface area contributed by atoms with Crippen LogP contribution >= 0.6 is 0 Å². The highest BCUT2D eigenvalue weighted by Gasteiger charge is 2.35. The number of likely N-dealkylation sites (N-methyl/N-ethyl adjacent to an activating group) is 1. The van der Waals surface area contributed by atoms with Gasteiger partial charge in [0.2, 0.25) is 10.0 Å². The molecule has 2 aliphatic heterocycles. The van der Waals surface area contributed by atoms with E-state index in [2.05, 4.69) is 26.7 Å². The number of aromatic amines is 1. The first kappa shape index (κ1) is 18.5. The molecule has 8 heteroatoms. The Balaban J connectivity index is 1.63. The summed E-state index contributed by atoms with van der Waals surface area (Å²) >= 11 is 0. The molecule has 4 rings (SSSR count). The first-order valence-corrected chi connectivity index (χ1v) is 11.0. The lowest BCUT2D eigenvalue weighted by atomic mass is 10.0. The number of nitrogens with zero attached hydrogens (tertiary/aromatic N) is 4. The first-order valence-electron chi connectivity index (χ1n) is 9.58. The van der Waals surface area contributed by atoms with Crippen molar-refractivity contribution in [1.29, 1.82) is 0 Å². The van der Waals surface area contributed by atoms with Gasteiger partial charge in [0, 0.05) is 51.3 Å². The Morgan fingerprint density at radius 1 is 1.26 bits per heavy atom. The van der Waals surface area contributed by atoms with Crippen molar-refractivity contribution in [3.8, 4) is 0 Å². The predicted octanol–water partition coefficient (Wildman–Crippen LogP) is 1.86. The summed E-state index contributed by atoms with van der Waals surface area (Å²) in [4.78, 5) is 12.3. The van der Waals surface area contributed by atoms with Crippen LogP contribution in [0.25, 0.3) is 0 Å². The van der Waals surface area contributed by atoms with Crippen LogP contribution in [0.5, 0.6) is 0 Å². The summed E-state index contributed by atoms with van der Waals surface area (Å²) < 4.78 is 28.3. The van der Waals surface area contributed by atoms with Gasteiger partial charge in [-0.3, -0.25) is 4.90 Å². The lowest BCUT2D eigenvalue weighted by Crippen LogP contribution is -2.50. The number of nitrogens with one attached hydrogen (secondary N) is 1. The number of hydrogen-bond donors (Lipinski definition) is 1. The van der Waals surface area contributed by atoms with Crippen molar-refractivity contribution in [3.05, 3.63) is 42.0 Å². The van der Waals surface area contributed by atoms with Crippen LogP contribution < -0.4 is 4.90 Å². The molecule has 146 valence electrons. The molecule has 1 fully saturated rings. The molecule has 1 N–H and O–H groups in total. The zero-order valence-corrected chi connectivity index (χ0v) is 16.7. The van der Waals surface area contributed by atoms with Gasteiger partial charge >= 0.3 is 0 Å². The molecule has 3 heterocycles. The highest BCUT2D eigenvalue weighted by molar-refractivity contribution is 7.89. The van der Waals surface area contributed by atoms with Gasteiger partial charge in [0.1, 0.15) is 5.82 Å². The average molecular weight is 390 g/mol. The molecule has 2 aliphatic rings. The van der Waals surface area contributed by atoms with E-state index in [-0.39, 0.29) is 6.04 Å². The maximum atomic E-state index is 13.3. The third-order valence-electron chi connectivity index (χ3n) is 5.74. The monoisotopic (exact) mass is 389 g/mol. The number of piperazine rings is 1. The molecular formula is C19H27N5O2S. The molecule has 27 heavy (non-hydrogen) atoms. The summed E-state index contributed by atoms with van der Waals surface area (Å²) in [6.07, 6.45) is 5.63. The van der Waals surface area contributed by atoms with Crippen molar-refractivity contribution in [3.63, 3.8) is 0 Å². The number of benzene rings is 1. The molecule has 0 unspecified atom stereocenters. The van der Waals surface area contributed by atoms with E-state index in [0.29, 0.717) is 24.5 Å². The van der Waals surface area contributed by atoms with Crippen LogP contribution in [0.1, 0.15) is 30.8 Å². The van der Waals surface area contributed by atoms with E-state index in [4.69, 9.17) is 0 Å². The average Bonchev–Trinajstić information content (AvgIpc) is 3.22. The lowest BCUT2D eigenvalue weighted by molar-refractivity contribution is 0.119. The Labute approximate surface area is 161 Å². The van der Waals surface area contributed by atoms with Crippen molar-refractivity contribution in [1.82, 2.24) is 19.2 Å². The molecule has 0 amide bonds. The van der Waals surface area contributed by atoms with E-state index in [1.54, 1.807) is 22.8 Å². The molecule has 2 aromatic rings. The van der Waals surface area contributed by atoms with E-state index >= 15 is 0 Å². The van der Waals surface area contributed by atoms with E-state index in [1.807, 2.05) is 19.2 Å². The number of imidazole rings is 1. The molecule has 1 aromatic carbocycles. The number of aromatic nitrogens is 2. The number of sulfonamides is 1. The minimum atomic E-state index is -3.54. The Bertz CT molecular complexity index is 897. The largest absolute Gasteiger partial charge is 0.374 e. The molecule has 0 bridgehead atoms. The van der Waals surface area contributed by atoms with Crippen LogP contribution in [-0.2, 0) is 16.4 Å². The van der Waals surface area contributed by atoms with Crippen molar-refractivity contribution in [2.45, 2.75) is 30.7 Å². The number of fused-ring (bicyclic) bond motifs is 1. The summed E-state index contributed by atoms with van der Waals surface area (Å²) in [6, 6.07) is 5.54. The number of aryl methyl sites for hydroxylation is 1. The Hall–Kier alpha value is -1.90. The smallest absolute Gasteiger partial charge is 0.243 e. The highest BCUT2D eigenvalue weighted by atomic mass is 32.2. The van der Waals surface area contributed by atoms with E-state index in [9.17, 15) is 8.42 Å². The Morgan fingerprint density at radius 3 is 2.85 bits per heavy atom. The standard InChI is InChI=1S/C19H27N5O2S/c1-3-23-11-12-24(14-18(23)19-20-8-9-21-19)27(25,26)16-7-6-15-5-4-10-22(2)17(15)13-16/h6-9,13,18H,3-5,10-12,14H2,1-2H3,(H,20,21)/t18-/m0/s1. The fourth-order valence-electron chi connectivity index (χ4n) is 4.16. The highest BCUT2D eigenvalue weighted by Crippen LogP contribution is 2.32. The van der Waals surface area contributed by atoms with Gasteiger partial charge in [-0.15, -0.1) is 0 Å². The van der Waals surface area contributed by atoms with Gasteiger partial charge in [0.15, 0.2) is 0 Å². The second-order valence-electron chi connectivity index (χ2n) is 7.30. The quantitative estimate of drug-likeness (QED) is 0.864. The van der Waals surface area contributed by atoms with Gasteiger partial charge in [0.05, 0.1) is 10.9 Å². The zero-order chi connectivity index (χ0) is 19.0. The summed E-state index contributed by atoms with van der Waals surface area (Å²) in [5.74, 6) is 0.821. The van der Waals surface area contributed by atoms with Crippen LogP contribution in [0.4, 0.5) is 5.69 Å². The van der Waals surface area contributed by atoms with Crippen LogP contribution in [0.3, 0.4) is 0 Å². The van der Waals surface area contributed by atoms with E-state index in [0.717, 1.165) is 37.4 Å². The van der Waals surface area contributed by atoms with Crippen molar-refractivity contribution in [2.75, 3.05) is 44.7 Å². The number of H-pyrrole nitrogens is 1. The Morgan fingerprint density at radius 2 is 2.11 bits per heavy atom. The minimum Gasteiger partial charge on any atom is -0.374 e. The maximum absolute atomic E-state index is 13.3. The molecule has 1 aromatic heterocycles. The van der Waals surface area contributed by atoms with Crippen LogP contribution in [-0.4, -0.2) is 67.4 Å². The summed E-state index contributed by atoms with van der Waals surface area (Å²) in [6.45, 7) is 5.54.